The monoisotopic (exact) mass is 383 g/mol. The number of halogens is 2. The molecule has 106 valence electrons. The number of benzene rings is 2. The van der Waals surface area contributed by atoms with Crippen LogP contribution in [0.2, 0.25) is 0 Å². The first-order valence-electron chi connectivity index (χ1n) is 6.97. The quantitative estimate of drug-likeness (QED) is 0.624. The van der Waals surface area contributed by atoms with Gasteiger partial charge in [-0.3, -0.25) is 0 Å². The molecule has 0 saturated carbocycles. The van der Waals surface area contributed by atoms with Crippen molar-refractivity contribution in [2.75, 3.05) is 5.32 Å². The lowest BCUT2D eigenvalue weighted by atomic mass is 10.0. The molecular formula is C17H19FIN. The SMILES string of the molecule is CCCCC(Nc1ccccc1I)c1ccc(F)cc1. The molecule has 0 aliphatic carbocycles. The maximum atomic E-state index is 13.1. The van der Waals surface area contributed by atoms with Gasteiger partial charge in [-0.05, 0) is 58.8 Å². The number of nitrogens with one attached hydrogen (secondary N) is 1. The van der Waals surface area contributed by atoms with Crippen molar-refractivity contribution in [2.24, 2.45) is 0 Å². The number of para-hydroxylation sites is 1. The summed E-state index contributed by atoms with van der Waals surface area (Å²) in [5, 5.41) is 3.59. The zero-order chi connectivity index (χ0) is 14.4. The number of unbranched alkanes of at least 4 members (excludes halogenated alkanes) is 1. The Morgan fingerprint density at radius 2 is 1.80 bits per heavy atom. The number of hydrogen-bond acceptors (Lipinski definition) is 1. The van der Waals surface area contributed by atoms with Crippen LogP contribution < -0.4 is 5.32 Å². The topological polar surface area (TPSA) is 12.0 Å². The lowest BCUT2D eigenvalue weighted by Crippen LogP contribution is -2.11. The van der Waals surface area contributed by atoms with Gasteiger partial charge in [0.15, 0.2) is 0 Å². The van der Waals surface area contributed by atoms with Gasteiger partial charge in [0.05, 0.1) is 6.04 Å². The molecule has 2 aromatic carbocycles. The first kappa shape index (κ1) is 15.3. The highest BCUT2D eigenvalue weighted by Crippen LogP contribution is 2.27. The molecule has 1 unspecified atom stereocenters. The van der Waals surface area contributed by atoms with Crippen LogP contribution >= 0.6 is 22.6 Å². The molecule has 0 heterocycles. The van der Waals surface area contributed by atoms with Crippen molar-refractivity contribution in [1.82, 2.24) is 0 Å². The summed E-state index contributed by atoms with van der Waals surface area (Å²) in [4.78, 5) is 0. The molecule has 1 N–H and O–H groups in total. The molecule has 0 amide bonds. The second-order valence-electron chi connectivity index (χ2n) is 4.87. The van der Waals surface area contributed by atoms with E-state index in [1.54, 1.807) is 0 Å². The Morgan fingerprint density at radius 1 is 1.10 bits per heavy atom. The third kappa shape index (κ3) is 4.20. The van der Waals surface area contributed by atoms with E-state index < -0.39 is 0 Å². The molecule has 0 aliphatic rings. The van der Waals surface area contributed by atoms with Gasteiger partial charge in [-0.2, -0.15) is 0 Å². The molecule has 3 heteroatoms. The first-order chi connectivity index (χ1) is 9.70. The van der Waals surface area contributed by atoms with Crippen LogP contribution in [0.3, 0.4) is 0 Å². The lowest BCUT2D eigenvalue weighted by molar-refractivity contribution is 0.616. The summed E-state index contributed by atoms with van der Waals surface area (Å²) in [5.74, 6) is -0.183. The van der Waals surface area contributed by atoms with Crippen LogP contribution in [0.4, 0.5) is 10.1 Å². The van der Waals surface area contributed by atoms with Crippen LogP contribution in [-0.4, -0.2) is 0 Å². The van der Waals surface area contributed by atoms with Crippen LogP contribution in [0.1, 0.15) is 37.8 Å². The summed E-state index contributed by atoms with van der Waals surface area (Å²) in [6.07, 6.45) is 3.36. The summed E-state index contributed by atoms with van der Waals surface area (Å²) in [6.45, 7) is 2.19. The predicted octanol–water partition coefficient (Wildman–Crippen LogP) is 5.77. The highest BCUT2D eigenvalue weighted by atomic mass is 127. The molecule has 0 fully saturated rings. The maximum Gasteiger partial charge on any atom is 0.123 e. The second-order valence-corrected chi connectivity index (χ2v) is 6.03. The van der Waals surface area contributed by atoms with E-state index >= 15 is 0 Å². The fourth-order valence-electron chi connectivity index (χ4n) is 2.19. The average Bonchev–Trinajstić information content (AvgIpc) is 2.46. The van der Waals surface area contributed by atoms with Crippen molar-refractivity contribution in [3.8, 4) is 0 Å². The van der Waals surface area contributed by atoms with Gasteiger partial charge in [-0.25, -0.2) is 4.39 Å². The Kier molecular flexibility index (Phi) is 5.83. The van der Waals surface area contributed by atoms with E-state index in [2.05, 4.69) is 47.0 Å². The van der Waals surface area contributed by atoms with Gasteiger partial charge in [0.1, 0.15) is 5.82 Å². The van der Waals surface area contributed by atoms with Crippen molar-refractivity contribution in [3.05, 3.63) is 63.5 Å². The zero-order valence-electron chi connectivity index (χ0n) is 11.6. The Balaban J connectivity index is 2.19. The third-order valence-corrected chi connectivity index (χ3v) is 4.26. The van der Waals surface area contributed by atoms with E-state index in [9.17, 15) is 4.39 Å². The summed E-state index contributed by atoms with van der Waals surface area (Å²) < 4.78 is 14.3. The number of hydrogen-bond donors (Lipinski definition) is 1. The van der Waals surface area contributed by atoms with Gasteiger partial charge < -0.3 is 5.32 Å². The van der Waals surface area contributed by atoms with Crippen LogP contribution in [0, 0.1) is 9.39 Å². The highest BCUT2D eigenvalue weighted by Gasteiger charge is 2.12. The van der Waals surface area contributed by atoms with Crippen molar-refractivity contribution < 1.29 is 4.39 Å². The van der Waals surface area contributed by atoms with Crippen molar-refractivity contribution in [1.29, 1.82) is 0 Å². The highest BCUT2D eigenvalue weighted by molar-refractivity contribution is 14.1. The lowest BCUT2D eigenvalue weighted by Gasteiger charge is -2.21. The molecule has 0 bridgehead atoms. The van der Waals surface area contributed by atoms with E-state index in [-0.39, 0.29) is 11.9 Å². The Labute approximate surface area is 133 Å². The fourth-order valence-corrected chi connectivity index (χ4v) is 2.73. The molecule has 0 aromatic heterocycles. The smallest absolute Gasteiger partial charge is 0.123 e. The van der Waals surface area contributed by atoms with Gasteiger partial charge in [-0.15, -0.1) is 0 Å². The largest absolute Gasteiger partial charge is 0.377 e. The summed E-state index contributed by atoms with van der Waals surface area (Å²) >= 11 is 2.33. The van der Waals surface area contributed by atoms with Gasteiger partial charge in [0, 0.05) is 9.26 Å². The van der Waals surface area contributed by atoms with E-state index in [1.165, 1.54) is 15.7 Å². The van der Waals surface area contributed by atoms with E-state index in [4.69, 9.17) is 0 Å². The number of rotatable bonds is 6. The third-order valence-electron chi connectivity index (χ3n) is 3.32. The van der Waals surface area contributed by atoms with Crippen molar-refractivity contribution in [3.63, 3.8) is 0 Å². The molecule has 20 heavy (non-hydrogen) atoms. The first-order valence-corrected chi connectivity index (χ1v) is 8.05. The minimum Gasteiger partial charge on any atom is -0.377 e. The summed E-state index contributed by atoms with van der Waals surface area (Å²) in [6, 6.07) is 15.3. The Morgan fingerprint density at radius 3 is 2.45 bits per heavy atom. The van der Waals surface area contributed by atoms with Gasteiger partial charge in [0.25, 0.3) is 0 Å². The average molecular weight is 383 g/mol. The standard InChI is InChI=1S/C17H19FIN/c1-2-3-7-16(13-9-11-14(18)12-10-13)20-17-8-5-4-6-15(17)19/h4-6,8-12,16,20H,2-3,7H2,1H3. The van der Waals surface area contributed by atoms with Gasteiger partial charge in [-0.1, -0.05) is 44.0 Å². The zero-order valence-corrected chi connectivity index (χ0v) is 13.7. The van der Waals surface area contributed by atoms with Crippen LogP contribution in [-0.2, 0) is 0 Å². The fraction of sp³-hybridized carbons (Fsp3) is 0.294. The minimum atomic E-state index is -0.183. The molecule has 0 saturated heterocycles. The molecule has 0 radical (unpaired) electrons. The van der Waals surface area contributed by atoms with Crippen LogP contribution in [0.25, 0.3) is 0 Å². The second kappa shape index (κ2) is 7.62. The summed E-state index contributed by atoms with van der Waals surface area (Å²) in [7, 11) is 0. The molecule has 0 aliphatic heterocycles. The van der Waals surface area contributed by atoms with Crippen molar-refractivity contribution >= 4 is 28.3 Å². The van der Waals surface area contributed by atoms with Crippen LogP contribution in [0.15, 0.2) is 48.5 Å². The van der Waals surface area contributed by atoms with E-state index in [0.29, 0.717) is 0 Å². The predicted molar refractivity (Wildman–Crippen MR) is 91.4 cm³/mol. The number of anilines is 1. The van der Waals surface area contributed by atoms with Gasteiger partial charge in [0.2, 0.25) is 0 Å². The van der Waals surface area contributed by atoms with Gasteiger partial charge >= 0.3 is 0 Å². The maximum absolute atomic E-state index is 13.1. The molecule has 2 rings (SSSR count). The summed E-state index contributed by atoms with van der Waals surface area (Å²) in [5.41, 5.74) is 2.28. The normalized spacial score (nSPS) is 12.2. The minimum absolute atomic E-state index is 0.183. The molecule has 0 spiro atoms. The van der Waals surface area contributed by atoms with E-state index in [0.717, 1.165) is 30.5 Å². The molecule has 1 atom stereocenters. The molecular weight excluding hydrogens is 364 g/mol. The van der Waals surface area contributed by atoms with Crippen LogP contribution in [0.5, 0.6) is 0 Å². The van der Waals surface area contributed by atoms with E-state index in [1.807, 2.05) is 24.3 Å². The van der Waals surface area contributed by atoms with Crippen molar-refractivity contribution in [2.45, 2.75) is 32.2 Å². The molecule has 1 nitrogen and oxygen atoms in total. The Bertz CT molecular complexity index is 539. The molecule has 2 aromatic rings. The Hall–Kier alpha value is -1.10.